The number of carbonyl (C=O) groups excluding carboxylic acids is 2. The quantitative estimate of drug-likeness (QED) is 0.202. The minimum absolute atomic E-state index is 0.00228. The van der Waals surface area contributed by atoms with Gasteiger partial charge in [-0.15, -0.1) is 10.2 Å². The SMILES string of the molecule is Cc1ccc(NC(=O)CSc2nnc(-c3ccccc3[N+](=O)[O-])o2)cc1NC(=O)c1ccccc1. The van der Waals surface area contributed by atoms with Gasteiger partial charge in [0.2, 0.25) is 5.91 Å². The molecule has 10 nitrogen and oxygen atoms in total. The van der Waals surface area contributed by atoms with Crippen LogP contribution < -0.4 is 10.6 Å². The molecule has 0 atom stereocenters. The number of benzene rings is 3. The summed E-state index contributed by atoms with van der Waals surface area (Å²) in [6, 6.07) is 20.1. The Kier molecular flexibility index (Phi) is 7.17. The smallest absolute Gasteiger partial charge is 0.282 e. The van der Waals surface area contributed by atoms with Crippen LogP contribution in [0.2, 0.25) is 0 Å². The van der Waals surface area contributed by atoms with Gasteiger partial charge in [-0.05, 0) is 42.8 Å². The molecule has 2 N–H and O–H groups in total. The van der Waals surface area contributed by atoms with Gasteiger partial charge in [0, 0.05) is 23.0 Å². The number of nitrogens with one attached hydrogen (secondary N) is 2. The van der Waals surface area contributed by atoms with E-state index in [1.165, 1.54) is 12.1 Å². The normalized spacial score (nSPS) is 10.5. The van der Waals surface area contributed by atoms with Crippen LogP contribution in [0.1, 0.15) is 15.9 Å². The standard InChI is InChI=1S/C24H19N5O5S/c1-15-11-12-17(13-19(15)26-22(31)16-7-3-2-4-8-16)25-21(30)14-35-24-28-27-23(34-24)18-9-5-6-10-20(18)29(32)33/h2-13H,14H2,1H3,(H,25,30)(H,26,31). The summed E-state index contributed by atoms with van der Waals surface area (Å²) in [5.41, 5.74) is 2.50. The molecule has 0 bridgehead atoms. The van der Waals surface area contributed by atoms with Crippen molar-refractivity contribution in [3.05, 3.63) is 94.0 Å². The lowest BCUT2D eigenvalue weighted by atomic mass is 10.1. The molecule has 0 unspecified atom stereocenters. The third kappa shape index (κ3) is 5.89. The number of amides is 2. The van der Waals surface area contributed by atoms with Crippen LogP contribution in [0.3, 0.4) is 0 Å². The highest BCUT2D eigenvalue weighted by molar-refractivity contribution is 7.99. The zero-order valence-electron chi connectivity index (χ0n) is 18.4. The van der Waals surface area contributed by atoms with Crippen molar-refractivity contribution < 1.29 is 18.9 Å². The van der Waals surface area contributed by atoms with Crippen LogP contribution >= 0.6 is 11.8 Å². The van der Waals surface area contributed by atoms with E-state index < -0.39 is 4.92 Å². The Morgan fingerprint density at radius 3 is 2.51 bits per heavy atom. The van der Waals surface area contributed by atoms with Crippen LogP contribution in [0.4, 0.5) is 17.1 Å². The molecule has 2 amide bonds. The first-order valence-corrected chi connectivity index (χ1v) is 11.4. The number of anilines is 2. The third-order valence-electron chi connectivity index (χ3n) is 4.87. The number of nitro benzene ring substituents is 1. The lowest BCUT2D eigenvalue weighted by molar-refractivity contribution is -0.384. The Morgan fingerprint density at radius 1 is 1.00 bits per heavy atom. The van der Waals surface area contributed by atoms with Gasteiger partial charge >= 0.3 is 0 Å². The summed E-state index contributed by atoms with van der Waals surface area (Å²) in [5.74, 6) is -0.612. The van der Waals surface area contributed by atoms with Crippen LogP contribution in [0.15, 0.2) is 82.4 Å². The van der Waals surface area contributed by atoms with E-state index >= 15 is 0 Å². The molecule has 0 aliphatic heterocycles. The molecule has 4 rings (SSSR count). The average Bonchev–Trinajstić information content (AvgIpc) is 3.34. The molecule has 1 aromatic heterocycles. The topological polar surface area (TPSA) is 140 Å². The summed E-state index contributed by atoms with van der Waals surface area (Å²) in [5, 5.41) is 24.6. The number of aryl methyl sites for hydroxylation is 1. The molecular formula is C24H19N5O5S. The maximum atomic E-state index is 12.5. The summed E-state index contributed by atoms with van der Waals surface area (Å²) in [6.07, 6.45) is 0. The number of carbonyl (C=O) groups is 2. The molecule has 1 heterocycles. The molecule has 3 aromatic carbocycles. The van der Waals surface area contributed by atoms with Crippen molar-refractivity contribution in [1.82, 2.24) is 10.2 Å². The van der Waals surface area contributed by atoms with Crippen LogP contribution in [0.5, 0.6) is 0 Å². The van der Waals surface area contributed by atoms with E-state index in [0.29, 0.717) is 16.9 Å². The van der Waals surface area contributed by atoms with Crippen LogP contribution in [0.25, 0.3) is 11.5 Å². The second-order valence-electron chi connectivity index (χ2n) is 7.33. The van der Waals surface area contributed by atoms with E-state index in [9.17, 15) is 19.7 Å². The number of thioether (sulfide) groups is 1. The predicted octanol–water partition coefficient (Wildman–Crippen LogP) is 4.94. The van der Waals surface area contributed by atoms with E-state index in [4.69, 9.17) is 4.42 Å². The first-order valence-electron chi connectivity index (χ1n) is 10.4. The Morgan fingerprint density at radius 2 is 1.74 bits per heavy atom. The molecule has 4 aromatic rings. The monoisotopic (exact) mass is 489 g/mol. The molecule has 35 heavy (non-hydrogen) atoms. The van der Waals surface area contributed by atoms with Gasteiger partial charge in [0.05, 0.1) is 10.7 Å². The number of hydrogen-bond donors (Lipinski definition) is 2. The molecule has 176 valence electrons. The minimum Gasteiger partial charge on any atom is -0.411 e. The van der Waals surface area contributed by atoms with Crippen LogP contribution in [-0.2, 0) is 4.79 Å². The van der Waals surface area contributed by atoms with Crippen molar-refractivity contribution in [2.45, 2.75) is 12.1 Å². The molecule has 0 fully saturated rings. The minimum atomic E-state index is -0.530. The van der Waals surface area contributed by atoms with Gasteiger partial charge in [0.1, 0.15) is 5.56 Å². The van der Waals surface area contributed by atoms with Crippen LogP contribution in [0, 0.1) is 17.0 Å². The number of hydrogen-bond acceptors (Lipinski definition) is 8. The number of rotatable bonds is 8. The number of para-hydroxylation sites is 1. The van der Waals surface area contributed by atoms with Gasteiger partial charge in [-0.1, -0.05) is 48.2 Å². The first-order chi connectivity index (χ1) is 16.9. The van der Waals surface area contributed by atoms with Crippen molar-refractivity contribution in [3.63, 3.8) is 0 Å². The van der Waals surface area contributed by atoms with Crippen molar-refractivity contribution in [1.29, 1.82) is 0 Å². The fourth-order valence-electron chi connectivity index (χ4n) is 3.13. The summed E-state index contributed by atoms with van der Waals surface area (Å²) in [7, 11) is 0. The number of nitrogens with zero attached hydrogens (tertiary/aromatic N) is 3. The molecule has 0 radical (unpaired) electrons. The molecule has 0 aliphatic carbocycles. The van der Waals surface area contributed by atoms with E-state index in [0.717, 1.165) is 17.3 Å². The molecule has 0 saturated carbocycles. The lowest BCUT2D eigenvalue weighted by Gasteiger charge is -2.11. The Labute approximate surface area is 203 Å². The predicted molar refractivity (Wildman–Crippen MR) is 131 cm³/mol. The average molecular weight is 490 g/mol. The molecule has 11 heteroatoms. The van der Waals surface area contributed by atoms with E-state index in [1.54, 1.807) is 54.6 Å². The van der Waals surface area contributed by atoms with Crippen molar-refractivity contribution >= 4 is 40.6 Å². The van der Waals surface area contributed by atoms with Gasteiger partial charge in [0.25, 0.3) is 22.7 Å². The summed E-state index contributed by atoms with van der Waals surface area (Å²) in [6.45, 7) is 1.85. The second kappa shape index (κ2) is 10.6. The molecular weight excluding hydrogens is 470 g/mol. The Hall–Kier alpha value is -4.51. The lowest BCUT2D eigenvalue weighted by Crippen LogP contribution is -2.15. The maximum absolute atomic E-state index is 12.5. The summed E-state index contributed by atoms with van der Waals surface area (Å²) < 4.78 is 5.49. The third-order valence-corrected chi connectivity index (χ3v) is 5.69. The highest BCUT2D eigenvalue weighted by atomic mass is 32.2. The van der Waals surface area contributed by atoms with Crippen molar-refractivity contribution in [2.75, 3.05) is 16.4 Å². The van der Waals surface area contributed by atoms with Gasteiger partial charge in [0.15, 0.2) is 0 Å². The van der Waals surface area contributed by atoms with E-state index in [2.05, 4.69) is 20.8 Å². The number of aromatic nitrogens is 2. The van der Waals surface area contributed by atoms with Gasteiger partial charge in [-0.25, -0.2) is 0 Å². The van der Waals surface area contributed by atoms with Gasteiger partial charge in [-0.2, -0.15) is 0 Å². The Bertz CT molecular complexity index is 1390. The molecule has 0 spiro atoms. The highest BCUT2D eigenvalue weighted by Crippen LogP contribution is 2.30. The van der Waals surface area contributed by atoms with Gasteiger partial charge in [-0.3, -0.25) is 19.7 Å². The largest absolute Gasteiger partial charge is 0.411 e. The molecule has 0 saturated heterocycles. The fraction of sp³-hybridized carbons (Fsp3) is 0.0833. The first kappa shape index (κ1) is 23.6. The highest BCUT2D eigenvalue weighted by Gasteiger charge is 2.20. The van der Waals surface area contributed by atoms with Crippen molar-refractivity contribution in [3.8, 4) is 11.5 Å². The second-order valence-corrected chi connectivity index (χ2v) is 8.26. The van der Waals surface area contributed by atoms with Crippen LogP contribution in [-0.4, -0.2) is 32.7 Å². The fourth-order valence-corrected chi connectivity index (χ4v) is 3.70. The summed E-state index contributed by atoms with van der Waals surface area (Å²) in [4.78, 5) is 35.6. The zero-order chi connectivity index (χ0) is 24.8. The number of nitro groups is 1. The maximum Gasteiger partial charge on any atom is 0.282 e. The van der Waals surface area contributed by atoms with Crippen molar-refractivity contribution in [2.24, 2.45) is 0 Å². The zero-order valence-corrected chi connectivity index (χ0v) is 19.2. The molecule has 0 aliphatic rings. The summed E-state index contributed by atoms with van der Waals surface area (Å²) >= 11 is 1.00. The Balaban J connectivity index is 1.37. The van der Waals surface area contributed by atoms with E-state index in [1.807, 2.05) is 13.0 Å². The van der Waals surface area contributed by atoms with E-state index in [-0.39, 0.29) is 39.9 Å². The van der Waals surface area contributed by atoms with Gasteiger partial charge < -0.3 is 15.1 Å².